The molecular formula is C33H32N6O5S2. The molecule has 236 valence electrons. The Kier molecular flexibility index (Phi) is 9.22. The number of hydrogen-bond acceptors (Lipinski definition) is 10. The molecule has 0 spiro atoms. The summed E-state index contributed by atoms with van der Waals surface area (Å²) in [4.78, 5) is 27.6. The first-order valence-electron chi connectivity index (χ1n) is 14.5. The Hall–Kier alpha value is -4.88. The Balaban J connectivity index is 1.29. The van der Waals surface area contributed by atoms with Gasteiger partial charge in [-0.3, -0.25) is 14.2 Å². The van der Waals surface area contributed by atoms with Crippen molar-refractivity contribution in [1.29, 1.82) is 0 Å². The number of thiophene rings is 1. The lowest BCUT2D eigenvalue weighted by molar-refractivity contribution is -0.130. The van der Waals surface area contributed by atoms with Gasteiger partial charge in [0.25, 0.3) is 11.8 Å². The van der Waals surface area contributed by atoms with Crippen LogP contribution in [0.2, 0.25) is 0 Å². The van der Waals surface area contributed by atoms with Gasteiger partial charge in [-0.2, -0.15) is 5.10 Å². The fourth-order valence-electron chi connectivity index (χ4n) is 5.31. The van der Waals surface area contributed by atoms with Crippen LogP contribution in [-0.4, -0.2) is 57.3 Å². The highest BCUT2D eigenvalue weighted by atomic mass is 32.2. The van der Waals surface area contributed by atoms with Crippen LogP contribution in [-0.2, 0) is 11.3 Å². The van der Waals surface area contributed by atoms with Crippen LogP contribution >= 0.6 is 23.1 Å². The van der Waals surface area contributed by atoms with E-state index in [2.05, 4.69) is 15.5 Å². The van der Waals surface area contributed by atoms with Gasteiger partial charge in [-0.15, -0.1) is 21.5 Å². The molecule has 11 nitrogen and oxygen atoms in total. The summed E-state index contributed by atoms with van der Waals surface area (Å²) in [6.07, 6.45) is 1.97. The molecule has 1 aliphatic heterocycles. The van der Waals surface area contributed by atoms with Crippen molar-refractivity contribution in [2.24, 2.45) is 5.10 Å². The Bertz CT molecular complexity index is 1880. The number of carbonyl (C=O) groups is 2. The number of carbonyl (C=O) groups excluding carboxylic acids is 2. The Morgan fingerprint density at radius 2 is 1.93 bits per heavy atom. The van der Waals surface area contributed by atoms with Crippen molar-refractivity contribution in [3.8, 4) is 17.2 Å². The topological polar surface area (TPSA) is 124 Å². The number of methoxy groups -OCH3 is 2. The second-order valence-corrected chi connectivity index (χ2v) is 12.4. The number of hydrogen-bond donors (Lipinski definition) is 1. The van der Waals surface area contributed by atoms with Crippen molar-refractivity contribution in [2.75, 3.05) is 20.0 Å². The lowest BCUT2D eigenvalue weighted by Gasteiger charge is -2.24. The second-order valence-electron chi connectivity index (χ2n) is 10.5. The largest absolute Gasteiger partial charge is 0.493 e. The van der Waals surface area contributed by atoms with Gasteiger partial charge in [-0.05, 0) is 60.7 Å². The van der Waals surface area contributed by atoms with Gasteiger partial charge in [-0.1, -0.05) is 42.1 Å². The zero-order chi connectivity index (χ0) is 32.2. The number of aromatic nitrogens is 3. The molecule has 0 fully saturated rings. The van der Waals surface area contributed by atoms with Gasteiger partial charge in [0, 0.05) is 12.0 Å². The number of nitrogens with one attached hydrogen (secondary N) is 1. The van der Waals surface area contributed by atoms with Crippen LogP contribution in [0, 0.1) is 13.8 Å². The molecule has 1 N–H and O–H groups in total. The highest BCUT2D eigenvalue weighted by molar-refractivity contribution is 7.99. The molecule has 2 amide bonds. The quantitative estimate of drug-likeness (QED) is 0.173. The molecule has 0 saturated carbocycles. The van der Waals surface area contributed by atoms with E-state index < -0.39 is 0 Å². The first-order chi connectivity index (χ1) is 22.4. The van der Waals surface area contributed by atoms with Gasteiger partial charge in [0.15, 0.2) is 28.2 Å². The Labute approximate surface area is 274 Å². The number of nitrogens with zero attached hydrogens (tertiary/aromatic N) is 5. The molecule has 13 heteroatoms. The van der Waals surface area contributed by atoms with Crippen LogP contribution in [0.15, 0.2) is 87.0 Å². The monoisotopic (exact) mass is 656 g/mol. The number of aryl methyl sites for hydroxylation is 2. The zero-order valence-electron chi connectivity index (χ0n) is 25.7. The third-order valence-corrected chi connectivity index (χ3v) is 9.38. The molecule has 1 atom stereocenters. The van der Waals surface area contributed by atoms with E-state index in [0.717, 1.165) is 33.0 Å². The summed E-state index contributed by atoms with van der Waals surface area (Å²) >= 11 is 2.84. The van der Waals surface area contributed by atoms with E-state index in [4.69, 9.17) is 19.0 Å². The van der Waals surface area contributed by atoms with Crippen molar-refractivity contribution in [1.82, 2.24) is 25.1 Å². The van der Waals surface area contributed by atoms with Crippen LogP contribution in [0.3, 0.4) is 0 Å². The summed E-state index contributed by atoms with van der Waals surface area (Å²) in [7, 11) is 3.18. The van der Waals surface area contributed by atoms with Crippen LogP contribution in [0.1, 0.15) is 50.4 Å². The summed E-state index contributed by atoms with van der Waals surface area (Å²) in [5, 5.41) is 20.6. The average Bonchev–Trinajstić information content (AvgIpc) is 3.90. The van der Waals surface area contributed by atoms with E-state index in [1.807, 2.05) is 72.3 Å². The molecule has 3 aromatic heterocycles. The zero-order valence-corrected chi connectivity index (χ0v) is 27.4. The fraction of sp³-hybridized carbons (Fsp3) is 0.242. The maximum atomic E-state index is 14.0. The molecule has 2 aromatic carbocycles. The molecule has 0 radical (unpaired) electrons. The Morgan fingerprint density at radius 1 is 1.07 bits per heavy atom. The molecule has 6 rings (SSSR count). The van der Waals surface area contributed by atoms with Crippen molar-refractivity contribution in [3.63, 3.8) is 0 Å². The lowest BCUT2D eigenvalue weighted by atomic mass is 9.99. The molecule has 46 heavy (non-hydrogen) atoms. The molecule has 0 bridgehead atoms. The summed E-state index contributed by atoms with van der Waals surface area (Å²) in [6.45, 7) is 4.11. The van der Waals surface area contributed by atoms with E-state index in [0.29, 0.717) is 28.9 Å². The highest BCUT2D eigenvalue weighted by Gasteiger charge is 2.36. The number of hydrazone groups is 1. The van der Waals surface area contributed by atoms with Crippen molar-refractivity contribution in [3.05, 3.63) is 105 Å². The van der Waals surface area contributed by atoms with Crippen LogP contribution in [0.25, 0.3) is 5.69 Å². The maximum Gasteiger partial charge on any atom is 0.287 e. The number of thioether (sulfide) groups is 1. The number of amides is 2. The number of ether oxygens (including phenoxy) is 2. The highest BCUT2D eigenvalue weighted by Crippen LogP contribution is 2.42. The molecule has 4 heterocycles. The third-order valence-electron chi connectivity index (χ3n) is 7.55. The molecule has 0 unspecified atom stereocenters. The van der Waals surface area contributed by atoms with Crippen LogP contribution in [0.4, 0.5) is 0 Å². The summed E-state index contributed by atoms with van der Waals surface area (Å²) < 4.78 is 18.4. The summed E-state index contributed by atoms with van der Waals surface area (Å²) in [5.74, 6) is 1.35. The van der Waals surface area contributed by atoms with E-state index in [1.54, 1.807) is 42.7 Å². The van der Waals surface area contributed by atoms with Crippen molar-refractivity contribution in [2.45, 2.75) is 38.0 Å². The van der Waals surface area contributed by atoms with Gasteiger partial charge >= 0.3 is 0 Å². The minimum absolute atomic E-state index is 0.0474. The standard InChI is InChI=1S/C33H32N6O5S2/c1-20-12-13-21(2)24(16-20)38-29(18-34-32(41)27-10-6-14-44-27)35-36-33(38)46-19-30(40)39-25(17-23(37-39)28-11-7-15-45-28)22-8-5-9-26(42-3)31(22)43-4/h5-16,25H,17-19H2,1-4H3,(H,34,41)/t25-/m1/s1. The summed E-state index contributed by atoms with van der Waals surface area (Å²) in [6, 6.07) is 18.6. The summed E-state index contributed by atoms with van der Waals surface area (Å²) in [5.41, 5.74) is 4.54. The SMILES string of the molecule is COc1cccc([C@H]2CC(c3cccs3)=NN2C(=O)CSc2nnc(CNC(=O)c3ccco3)n2-c2cc(C)ccc2C)c1OC. The van der Waals surface area contributed by atoms with Gasteiger partial charge in [0.2, 0.25) is 0 Å². The van der Waals surface area contributed by atoms with Gasteiger partial charge in [0.1, 0.15) is 0 Å². The van der Waals surface area contributed by atoms with E-state index in [9.17, 15) is 9.59 Å². The van der Waals surface area contributed by atoms with E-state index in [1.165, 1.54) is 18.0 Å². The fourth-order valence-corrected chi connectivity index (χ4v) is 6.84. The van der Waals surface area contributed by atoms with Crippen molar-refractivity contribution < 1.29 is 23.5 Å². The first kappa shape index (κ1) is 31.1. The number of rotatable bonds is 11. The van der Waals surface area contributed by atoms with Gasteiger partial charge in [-0.25, -0.2) is 5.01 Å². The van der Waals surface area contributed by atoms with Crippen LogP contribution < -0.4 is 14.8 Å². The van der Waals surface area contributed by atoms with Crippen LogP contribution in [0.5, 0.6) is 11.5 Å². The van der Waals surface area contributed by atoms with Gasteiger partial charge < -0.3 is 19.2 Å². The number of para-hydroxylation sites is 1. The van der Waals surface area contributed by atoms with Crippen molar-refractivity contribution >= 4 is 40.6 Å². The maximum absolute atomic E-state index is 14.0. The Morgan fingerprint density at radius 3 is 2.67 bits per heavy atom. The molecular weight excluding hydrogens is 625 g/mol. The minimum atomic E-state index is -0.389. The predicted molar refractivity (Wildman–Crippen MR) is 176 cm³/mol. The number of benzene rings is 2. The molecule has 1 aliphatic rings. The smallest absolute Gasteiger partial charge is 0.287 e. The van der Waals surface area contributed by atoms with E-state index in [-0.39, 0.29) is 35.9 Å². The predicted octanol–water partition coefficient (Wildman–Crippen LogP) is 5.96. The minimum Gasteiger partial charge on any atom is -0.493 e. The molecule has 0 aliphatic carbocycles. The normalized spacial score (nSPS) is 14.3. The number of furan rings is 1. The van der Waals surface area contributed by atoms with E-state index >= 15 is 0 Å². The molecule has 0 saturated heterocycles. The first-order valence-corrected chi connectivity index (χ1v) is 16.3. The lowest BCUT2D eigenvalue weighted by Crippen LogP contribution is -2.29. The third kappa shape index (κ3) is 6.28. The second kappa shape index (κ2) is 13.6. The average molecular weight is 657 g/mol. The molecule has 5 aromatic rings. The van der Waals surface area contributed by atoms with Gasteiger partial charge in [0.05, 0.1) is 55.1 Å².